The van der Waals surface area contributed by atoms with Crippen LogP contribution < -0.4 is 11.1 Å². The van der Waals surface area contributed by atoms with Gasteiger partial charge in [-0.2, -0.15) is 15.3 Å². The summed E-state index contributed by atoms with van der Waals surface area (Å²) in [6.07, 6.45) is 3.74. The van der Waals surface area contributed by atoms with E-state index in [4.69, 9.17) is 25.1 Å². The molecule has 0 atom stereocenters. The van der Waals surface area contributed by atoms with Gasteiger partial charge in [0.15, 0.2) is 5.69 Å². The molecule has 0 spiro atoms. The number of nitrogen functional groups attached to an aromatic ring is 1. The van der Waals surface area contributed by atoms with Crippen molar-refractivity contribution in [1.82, 2.24) is 59.2 Å². The zero-order valence-corrected chi connectivity index (χ0v) is 53.9. The second-order valence-electron chi connectivity index (χ2n) is 26.5. The maximum absolute atomic E-state index is 12.9. The third kappa shape index (κ3) is 23.3. The largest absolute Gasteiger partial charge is 0.444 e. The van der Waals surface area contributed by atoms with E-state index < -0.39 is 68.7 Å². The van der Waals surface area contributed by atoms with Gasteiger partial charge < -0.3 is 49.9 Å². The number of nitrogens with two attached hydrogens (primary N) is 1. The van der Waals surface area contributed by atoms with Gasteiger partial charge in [-0.15, -0.1) is 0 Å². The van der Waals surface area contributed by atoms with Crippen LogP contribution in [0, 0.1) is 38.0 Å². The predicted molar refractivity (Wildman–Crippen MR) is 322 cm³/mol. The standard InChI is InChI=1S/C19H29F2N5O4.C19H31F2N5O2.C12H21NO3.C7H8F2N4O2.CH4O/c1-19(2,3)30-18(27)24-8-5-13(6-9-24)4-7-23-10-14(11-23)25-12-15(26(28)29)16(22-25)17(20)21;1-19(2,3)28-18(27)25-8-5-13(6-9-25)4-7-24-10-14(11-24)26-12-15(22)16(23-26)17(20)21;1-12(2,3)16-11(15)13-7-4-10(5-8-13)6-9-14;8-7(9)6-5(13(14)15)3-12(11-6)4-1-10-2-4;1-2/h12-14,17H,4-11H2,1-3H3;12-14,17H,4-11,22H2,1-3H3;9-10H,4-8H2,1-3H3;3-4,7,10H,1-2H2;2H,1H3. The van der Waals surface area contributed by atoms with E-state index in [0.717, 1.165) is 116 Å². The van der Waals surface area contributed by atoms with Gasteiger partial charge >= 0.3 is 29.7 Å². The molecule has 0 bridgehead atoms. The first-order valence-electron chi connectivity index (χ1n) is 30.8. The highest BCUT2D eigenvalue weighted by Gasteiger charge is 2.37. The number of hydrogen-bond acceptors (Lipinski definition) is 19. The van der Waals surface area contributed by atoms with Crippen molar-refractivity contribution < 1.29 is 74.7 Å². The van der Waals surface area contributed by atoms with Crippen molar-refractivity contribution >= 4 is 41.6 Å². The SMILES string of the molecule is CC(C)(C)OC(=O)N1CCC(CC=O)CC1.CC(C)(C)OC(=O)N1CCC(CCN2CC(n3cc(N)c(C(F)F)n3)C2)CC1.CC(C)(C)OC(=O)N1CCC(CCN2CC(n3cc([N+](=O)[O-])c(C(F)F)n3)C2)CC1.CO.O=[N+]([O-])c1cn(C2CNC2)nc1C(F)F. The molecular formula is C58H93F6N15O12. The number of nitro groups is 2. The molecule has 6 fully saturated rings. The van der Waals surface area contributed by atoms with Crippen LogP contribution in [0.15, 0.2) is 18.6 Å². The fourth-order valence-electron chi connectivity index (χ4n) is 10.8. The lowest BCUT2D eigenvalue weighted by Gasteiger charge is -2.40. The quantitative estimate of drug-likeness (QED) is 0.0395. The minimum atomic E-state index is -2.96. The van der Waals surface area contributed by atoms with Gasteiger partial charge in [0.05, 0.1) is 33.7 Å². The fraction of sp³-hybridized carbons (Fsp3) is 0.776. The number of ether oxygens (including phenoxy) is 3. The number of amides is 3. The Morgan fingerprint density at radius 1 is 0.571 bits per heavy atom. The van der Waals surface area contributed by atoms with E-state index in [0.29, 0.717) is 76.5 Å². The van der Waals surface area contributed by atoms with Gasteiger partial charge in [0.2, 0.25) is 11.4 Å². The first-order valence-corrected chi connectivity index (χ1v) is 30.8. The maximum atomic E-state index is 12.9. The van der Waals surface area contributed by atoms with E-state index in [9.17, 15) is 65.7 Å². The Labute approximate surface area is 526 Å². The summed E-state index contributed by atoms with van der Waals surface area (Å²) in [4.78, 5) is 75.8. The molecule has 0 saturated carbocycles. The molecule has 0 aromatic carbocycles. The normalized spacial score (nSPS) is 18.5. The third-order valence-corrected chi connectivity index (χ3v) is 16.0. The van der Waals surface area contributed by atoms with Crippen LogP contribution in [0.25, 0.3) is 0 Å². The zero-order valence-electron chi connectivity index (χ0n) is 53.9. The van der Waals surface area contributed by atoms with Gasteiger partial charge in [0, 0.05) is 98.3 Å². The summed E-state index contributed by atoms with van der Waals surface area (Å²) in [5.74, 6) is 1.57. The predicted octanol–water partition coefficient (Wildman–Crippen LogP) is 9.62. The molecule has 4 N–H and O–H groups in total. The van der Waals surface area contributed by atoms with Gasteiger partial charge in [-0.25, -0.2) is 40.7 Å². The highest BCUT2D eigenvalue weighted by molar-refractivity contribution is 5.69. The number of nitrogens with zero attached hydrogens (tertiary/aromatic N) is 13. The van der Waals surface area contributed by atoms with E-state index in [1.54, 1.807) is 19.4 Å². The highest BCUT2D eigenvalue weighted by atomic mass is 19.3. The van der Waals surface area contributed by atoms with Crippen LogP contribution in [0.4, 0.5) is 57.8 Å². The molecule has 6 saturated heterocycles. The Balaban J connectivity index is 0.000000227. The lowest BCUT2D eigenvalue weighted by Crippen LogP contribution is -2.48. The summed E-state index contributed by atoms with van der Waals surface area (Å²) in [6, 6.07) is -0.0646. The third-order valence-electron chi connectivity index (χ3n) is 16.0. The number of anilines is 1. The number of carbonyl (C=O) groups excluding carboxylic acids is 4. The molecule has 9 rings (SSSR count). The van der Waals surface area contributed by atoms with Crippen LogP contribution >= 0.6 is 0 Å². The van der Waals surface area contributed by atoms with Gasteiger partial charge in [0.1, 0.15) is 35.5 Å². The molecule has 0 radical (unpaired) electrons. The number of aliphatic hydroxyl groups excluding tert-OH is 1. The minimum Gasteiger partial charge on any atom is -0.444 e. The molecule has 91 heavy (non-hydrogen) atoms. The molecule has 0 aliphatic carbocycles. The second-order valence-corrected chi connectivity index (χ2v) is 26.5. The second kappa shape index (κ2) is 33.6. The van der Waals surface area contributed by atoms with Crippen LogP contribution in [-0.2, 0) is 19.0 Å². The molecule has 3 aromatic heterocycles. The van der Waals surface area contributed by atoms with Crippen molar-refractivity contribution in [2.45, 2.75) is 174 Å². The lowest BCUT2D eigenvalue weighted by molar-refractivity contribution is -0.386. The van der Waals surface area contributed by atoms with E-state index in [2.05, 4.69) is 30.4 Å². The topological polar surface area (TPSA) is 310 Å². The first-order chi connectivity index (χ1) is 42.7. The maximum Gasteiger partial charge on any atom is 0.410 e. The number of aliphatic hydroxyl groups is 1. The van der Waals surface area contributed by atoms with E-state index in [1.807, 2.05) is 62.3 Å². The van der Waals surface area contributed by atoms with Gasteiger partial charge in [-0.1, -0.05) is 0 Å². The molecule has 6 aliphatic rings. The number of alkyl halides is 6. The molecular weight excluding hydrogens is 1210 g/mol. The lowest BCUT2D eigenvalue weighted by atomic mass is 9.93. The summed E-state index contributed by atoms with van der Waals surface area (Å²) in [6.45, 7) is 27.0. The number of likely N-dealkylation sites (tertiary alicyclic amines) is 5. The number of rotatable bonds is 16. The fourth-order valence-corrected chi connectivity index (χ4v) is 10.8. The average molecular weight is 1310 g/mol. The first kappa shape index (κ1) is 74.9. The number of halogens is 6. The van der Waals surface area contributed by atoms with Crippen LogP contribution in [-0.4, -0.2) is 209 Å². The molecule has 514 valence electrons. The number of carbonyl (C=O) groups is 4. The summed E-state index contributed by atoms with van der Waals surface area (Å²) in [5.41, 5.74) is 1.19. The van der Waals surface area contributed by atoms with Crippen molar-refractivity contribution in [3.8, 4) is 0 Å². The highest BCUT2D eigenvalue weighted by Crippen LogP contribution is 2.34. The number of aromatic nitrogens is 6. The molecule has 3 aromatic rings. The number of aldehydes is 1. The van der Waals surface area contributed by atoms with Crippen molar-refractivity contribution in [1.29, 1.82) is 0 Å². The van der Waals surface area contributed by atoms with E-state index >= 15 is 0 Å². The average Bonchev–Trinajstić information content (AvgIpc) is 1.75. The number of piperidine rings is 3. The summed E-state index contributed by atoms with van der Waals surface area (Å²) >= 11 is 0. The van der Waals surface area contributed by atoms with Crippen molar-refractivity contribution in [2.75, 3.05) is 104 Å². The zero-order chi connectivity index (χ0) is 67.7. The van der Waals surface area contributed by atoms with Crippen molar-refractivity contribution in [3.63, 3.8) is 0 Å². The summed E-state index contributed by atoms with van der Waals surface area (Å²) < 4.78 is 96.5. The Morgan fingerprint density at radius 2 is 0.879 bits per heavy atom. The molecule has 6 aliphatic heterocycles. The summed E-state index contributed by atoms with van der Waals surface area (Å²) in [5, 5.41) is 42.5. The molecule has 33 heteroatoms. The van der Waals surface area contributed by atoms with Gasteiger partial charge in [-0.05, 0) is 145 Å². The Kier molecular flexibility index (Phi) is 27.7. The minimum absolute atomic E-state index is 0.0591. The van der Waals surface area contributed by atoms with Gasteiger partial charge in [0.25, 0.3) is 19.3 Å². The van der Waals surface area contributed by atoms with Crippen molar-refractivity contribution in [3.05, 3.63) is 55.9 Å². The van der Waals surface area contributed by atoms with Crippen molar-refractivity contribution in [2.24, 2.45) is 17.8 Å². The monoisotopic (exact) mass is 1310 g/mol. The molecule has 27 nitrogen and oxygen atoms in total. The van der Waals surface area contributed by atoms with Crippen LogP contribution in [0.1, 0.15) is 175 Å². The Bertz CT molecular complexity index is 2800. The van der Waals surface area contributed by atoms with E-state index in [1.165, 1.54) is 15.6 Å². The van der Waals surface area contributed by atoms with Gasteiger partial charge in [-0.3, -0.25) is 44.1 Å². The molecule has 9 heterocycles. The Morgan fingerprint density at radius 3 is 1.14 bits per heavy atom. The van der Waals surface area contributed by atoms with Crippen LogP contribution in [0.3, 0.4) is 0 Å². The number of nitrogens with one attached hydrogen (secondary N) is 1. The van der Waals surface area contributed by atoms with E-state index in [-0.39, 0.29) is 47.8 Å². The summed E-state index contributed by atoms with van der Waals surface area (Å²) in [7, 11) is 1.00. The van der Waals surface area contributed by atoms with Crippen LogP contribution in [0.2, 0.25) is 0 Å². The molecule has 0 unspecified atom stereocenters. The smallest absolute Gasteiger partial charge is 0.410 e. The molecule has 3 amide bonds. The Hall–Kier alpha value is -6.87. The number of hydrogen-bond donors (Lipinski definition) is 3. The van der Waals surface area contributed by atoms with Crippen LogP contribution in [0.5, 0.6) is 0 Å².